The van der Waals surface area contributed by atoms with Gasteiger partial charge in [0.15, 0.2) is 5.69 Å². The number of carbonyl (C=O) groups excluding carboxylic acids is 1. The van der Waals surface area contributed by atoms with Crippen LogP contribution in [0, 0.1) is 5.92 Å². The van der Waals surface area contributed by atoms with Crippen molar-refractivity contribution in [3.63, 3.8) is 0 Å². The molecule has 0 radical (unpaired) electrons. The summed E-state index contributed by atoms with van der Waals surface area (Å²) in [5, 5.41) is 8.63. The van der Waals surface area contributed by atoms with E-state index in [4.69, 9.17) is 0 Å². The van der Waals surface area contributed by atoms with Crippen molar-refractivity contribution in [1.29, 1.82) is 0 Å². The van der Waals surface area contributed by atoms with Crippen molar-refractivity contribution >= 4 is 16.7 Å². The number of nitrogens with zero attached hydrogens (tertiary/aromatic N) is 3. The second-order valence-corrected chi connectivity index (χ2v) is 8.52. The molecule has 6 heteroatoms. The highest BCUT2D eigenvalue weighted by Crippen LogP contribution is 2.15. The molecule has 1 atom stereocenters. The Morgan fingerprint density at radius 1 is 1.00 bits per heavy atom. The predicted molar refractivity (Wildman–Crippen MR) is 123 cm³/mol. The van der Waals surface area contributed by atoms with Crippen LogP contribution in [0.15, 0.2) is 59.4 Å². The van der Waals surface area contributed by atoms with Crippen LogP contribution < -0.4 is 10.9 Å². The van der Waals surface area contributed by atoms with Gasteiger partial charge in [-0.25, -0.2) is 4.68 Å². The molecule has 1 aliphatic heterocycles. The number of hydrogen-bond donors (Lipinski definition) is 1. The van der Waals surface area contributed by atoms with E-state index < -0.39 is 0 Å². The van der Waals surface area contributed by atoms with Crippen LogP contribution in [0.25, 0.3) is 10.8 Å². The lowest BCUT2D eigenvalue weighted by Crippen LogP contribution is -2.38. The first-order valence-electron chi connectivity index (χ1n) is 11.2. The van der Waals surface area contributed by atoms with Gasteiger partial charge in [-0.2, -0.15) is 5.10 Å². The normalized spacial score (nSPS) is 15.6. The van der Waals surface area contributed by atoms with E-state index in [0.29, 0.717) is 35.5 Å². The zero-order valence-corrected chi connectivity index (χ0v) is 18.1. The van der Waals surface area contributed by atoms with Gasteiger partial charge in [-0.05, 0) is 43.5 Å². The van der Waals surface area contributed by atoms with Crippen LogP contribution in [0.5, 0.6) is 0 Å². The molecule has 162 valence electrons. The standard InChI is InChI=1S/C25H30N4O2/c1-19(17-28-14-8-3-9-15-28)16-26-24(30)23-21-12-6-7-13-22(21)25(31)29(27-23)18-20-10-4-2-5-11-20/h2,4-7,10-13,19H,3,8-9,14-18H2,1H3,(H,26,30). The first kappa shape index (κ1) is 21.2. The molecule has 31 heavy (non-hydrogen) atoms. The molecule has 1 fully saturated rings. The molecular weight excluding hydrogens is 388 g/mol. The highest BCUT2D eigenvalue weighted by Gasteiger charge is 2.18. The maximum absolute atomic E-state index is 13.1. The van der Waals surface area contributed by atoms with E-state index in [0.717, 1.165) is 25.2 Å². The maximum Gasteiger partial charge on any atom is 0.274 e. The Labute approximate surface area is 182 Å². The molecule has 2 heterocycles. The average Bonchev–Trinajstić information content (AvgIpc) is 2.81. The number of rotatable bonds is 7. The van der Waals surface area contributed by atoms with E-state index in [9.17, 15) is 9.59 Å². The molecule has 3 aromatic rings. The van der Waals surface area contributed by atoms with Crippen LogP contribution >= 0.6 is 0 Å². The number of carbonyl (C=O) groups is 1. The highest BCUT2D eigenvalue weighted by atomic mass is 16.2. The summed E-state index contributed by atoms with van der Waals surface area (Å²) < 4.78 is 1.39. The average molecular weight is 419 g/mol. The summed E-state index contributed by atoms with van der Waals surface area (Å²) in [6.45, 7) is 6.36. The predicted octanol–water partition coefficient (Wildman–Crippen LogP) is 3.30. The molecule has 4 rings (SSSR count). The molecule has 2 aromatic carbocycles. The van der Waals surface area contributed by atoms with Crippen molar-refractivity contribution in [2.45, 2.75) is 32.7 Å². The largest absolute Gasteiger partial charge is 0.350 e. The monoisotopic (exact) mass is 418 g/mol. The maximum atomic E-state index is 13.1. The van der Waals surface area contributed by atoms with Gasteiger partial charge in [-0.3, -0.25) is 9.59 Å². The fourth-order valence-corrected chi connectivity index (χ4v) is 4.26. The number of aromatic nitrogens is 2. The van der Waals surface area contributed by atoms with Gasteiger partial charge in [0.25, 0.3) is 11.5 Å². The van der Waals surface area contributed by atoms with Crippen molar-refractivity contribution < 1.29 is 4.79 Å². The molecule has 1 saturated heterocycles. The van der Waals surface area contributed by atoms with Crippen LogP contribution in [0.4, 0.5) is 0 Å². The molecule has 0 saturated carbocycles. The number of nitrogens with one attached hydrogen (secondary N) is 1. The lowest BCUT2D eigenvalue weighted by molar-refractivity contribution is 0.0937. The van der Waals surface area contributed by atoms with Crippen LogP contribution in [0.2, 0.25) is 0 Å². The second-order valence-electron chi connectivity index (χ2n) is 8.52. The Kier molecular flexibility index (Phi) is 6.77. The van der Waals surface area contributed by atoms with Gasteiger partial charge >= 0.3 is 0 Å². The Balaban J connectivity index is 1.53. The van der Waals surface area contributed by atoms with E-state index in [-0.39, 0.29) is 11.5 Å². The molecule has 1 N–H and O–H groups in total. The minimum absolute atomic E-state index is 0.186. The number of piperidine rings is 1. The fourth-order valence-electron chi connectivity index (χ4n) is 4.26. The lowest BCUT2D eigenvalue weighted by atomic mass is 10.1. The zero-order valence-electron chi connectivity index (χ0n) is 18.1. The van der Waals surface area contributed by atoms with Gasteiger partial charge < -0.3 is 10.2 Å². The van der Waals surface area contributed by atoms with E-state index in [1.165, 1.54) is 23.9 Å². The van der Waals surface area contributed by atoms with Crippen LogP contribution in [-0.2, 0) is 6.54 Å². The van der Waals surface area contributed by atoms with Gasteiger partial charge in [0.2, 0.25) is 0 Å². The first-order chi connectivity index (χ1) is 15.1. The van der Waals surface area contributed by atoms with Crippen molar-refractivity contribution in [2.75, 3.05) is 26.2 Å². The number of amides is 1. The number of fused-ring (bicyclic) bond motifs is 1. The first-order valence-corrected chi connectivity index (χ1v) is 11.2. The van der Waals surface area contributed by atoms with Crippen molar-refractivity contribution in [3.8, 4) is 0 Å². The van der Waals surface area contributed by atoms with Crippen molar-refractivity contribution in [3.05, 3.63) is 76.2 Å². The van der Waals surface area contributed by atoms with E-state index in [1.807, 2.05) is 42.5 Å². The summed E-state index contributed by atoms with van der Waals surface area (Å²) in [6, 6.07) is 16.9. The molecular formula is C25H30N4O2. The Morgan fingerprint density at radius 3 is 2.42 bits per heavy atom. The smallest absolute Gasteiger partial charge is 0.274 e. The Morgan fingerprint density at radius 2 is 1.68 bits per heavy atom. The van der Waals surface area contributed by atoms with Gasteiger partial charge in [0.05, 0.1) is 11.9 Å². The SMILES string of the molecule is CC(CNC(=O)c1nn(Cc2ccccc2)c(=O)c2ccccc12)CN1CCCCC1. The van der Waals surface area contributed by atoms with Gasteiger partial charge in [0, 0.05) is 18.5 Å². The van der Waals surface area contributed by atoms with Gasteiger partial charge in [-0.15, -0.1) is 0 Å². The second kappa shape index (κ2) is 9.88. The summed E-state index contributed by atoms with van der Waals surface area (Å²) in [5.41, 5.74) is 1.08. The molecule has 0 spiro atoms. The van der Waals surface area contributed by atoms with Gasteiger partial charge in [-0.1, -0.05) is 61.9 Å². The molecule has 0 bridgehead atoms. The topological polar surface area (TPSA) is 67.2 Å². The summed E-state index contributed by atoms with van der Waals surface area (Å²) in [5.74, 6) is 0.118. The van der Waals surface area contributed by atoms with Crippen LogP contribution in [0.3, 0.4) is 0 Å². The molecule has 1 unspecified atom stereocenters. The fraction of sp³-hybridized carbons (Fsp3) is 0.400. The zero-order chi connectivity index (χ0) is 21.6. The van der Waals surface area contributed by atoms with Crippen molar-refractivity contribution in [2.24, 2.45) is 5.92 Å². The Hall–Kier alpha value is -2.99. The summed E-state index contributed by atoms with van der Waals surface area (Å²) in [4.78, 5) is 28.5. The highest BCUT2D eigenvalue weighted by molar-refractivity contribution is 6.04. The third kappa shape index (κ3) is 5.20. The summed E-state index contributed by atoms with van der Waals surface area (Å²) in [6.07, 6.45) is 3.84. The van der Waals surface area contributed by atoms with Crippen LogP contribution in [0.1, 0.15) is 42.2 Å². The van der Waals surface area contributed by atoms with Crippen LogP contribution in [-0.4, -0.2) is 46.8 Å². The quantitative estimate of drug-likeness (QED) is 0.639. The number of benzene rings is 2. The van der Waals surface area contributed by atoms with E-state index in [1.54, 1.807) is 12.1 Å². The summed E-state index contributed by atoms with van der Waals surface area (Å²) >= 11 is 0. The lowest BCUT2D eigenvalue weighted by Gasteiger charge is -2.29. The molecule has 0 aliphatic carbocycles. The molecule has 6 nitrogen and oxygen atoms in total. The molecule has 1 aliphatic rings. The molecule has 1 amide bonds. The number of hydrogen-bond acceptors (Lipinski definition) is 4. The van der Waals surface area contributed by atoms with Crippen molar-refractivity contribution in [1.82, 2.24) is 20.0 Å². The summed E-state index contributed by atoms with van der Waals surface area (Å²) in [7, 11) is 0. The minimum atomic E-state index is -0.233. The third-order valence-electron chi connectivity index (χ3n) is 5.89. The molecule has 1 aromatic heterocycles. The Bertz CT molecular complexity index is 1090. The van der Waals surface area contributed by atoms with Gasteiger partial charge in [0.1, 0.15) is 0 Å². The third-order valence-corrected chi connectivity index (χ3v) is 5.89. The minimum Gasteiger partial charge on any atom is -0.350 e. The number of likely N-dealkylation sites (tertiary alicyclic amines) is 1. The van der Waals surface area contributed by atoms with E-state index >= 15 is 0 Å². The van der Waals surface area contributed by atoms with E-state index in [2.05, 4.69) is 22.2 Å².